The second-order valence-corrected chi connectivity index (χ2v) is 1.81. The standard InChI is InChI=1S/2C4H4N2.CH2S.Zn/c2*1-2-5-4-6-3-1;1-2;/h2*1-4H;1H2;. The van der Waals surface area contributed by atoms with Crippen LogP contribution < -0.4 is 0 Å². The van der Waals surface area contributed by atoms with Gasteiger partial charge in [-0.15, -0.1) is 0 Å². The molecule has 0 aliphatic heterocycles. The van der Waals surface area contributed by atoms with Crippen molar-refractivity contribution in [2.24, 2.45) is 0 Å². The molecule has 0 atom stereocenters. The molecule has 6 heteroatoms. The van der Waals surface area contributed by atoms with Crippen LogP contribution in [0.15, 0.2) is 49.6 Å². The summed E-state index contributed by atoms with van der Waals surface area (Å²) in [6.07, 6.45) is 9.75. The monoisotopic (exact) mass is 270 g/mol. The fourth-order valence-corrected chi connectivity index (χ4v) is 0.507. The SMILES string of the molecule is C=S.[Zn].c1cncnc1.c1cncnc1. The summed E-state index contributed by atoms with van der Waals surface area (Å²) in [5, 5.41) is 0. The Balaban J connectivity index is 0. The van der Waals surface area contributed by atoms with Gasteiger partial charge in [-0.1, -0.05) is 12.2 Å². The van der Waals surface area contributed by atoms with E-state index in [1.807, 2.05) is 0 Å². The average molecular weight is 272 g/mol. The van der Waals surface area contributed by atoms with E-state index in [1.165, 1.54) is 12.7 Å². The molecule has 0 aliphatic rings. The van der Waals surface area contributed by atoms with Crippen LogP contribution in [0.5, 0.6) is 0 Å². The first kappa shape index (κ1) is 16.3. The molecule has 0 unspecified atom stereocenters. The van der Waals surface area contributed by atoms with Crippen molar-refractivity contribution in [2.45, 2.75) is 0 Å². The molecule has 74 valence electrons. The number of aromatic nitrogens is 4. The Morgan fingerprint density at radius 1 is 0.667 bits per heavy atom. The van der Waals surface area contributed by atoms with Gasteiger partial charge in [0, 0.05) is 44.3 Å². The van der Waals surface area contributed by atoms with E-state index >= 15 is 0 Å². The molecule has 0 saturated carbocycles. The van der Waals surface area contributed by atoms with E-state index in [-0.39, 0.29) is 19.5 Å². The van der Waals surface area contributed by atoms with Crippen molar-refractivity contribution in [1.29, 1.82) is 0 Å². The molecule has 0 fully saturated rings. The molecule has 0 radical (unpaired) electrons. The van der Waals surface area contributed by atoms with E-state index in [0.717, 1.165) is 0 Å². The molecule has 0 amide bonds. The minimum absolute atomic E-state index is 0. The van der Waals surface area contributed by atoms with Crippen LogP contribution in [0, 0.1) is 0 Å². The normalized spacial score (nSPS) is 6.67. The summed E-state index contributed by atoms with van der Waals surface area (Å²) < 4.78 is 0. The fraction of sp³-hybridized carbons (Fsp3) is 0. The van der Waals surface area contributed by atoms with Gasteiger partial charge in [-0.2, -0.15) is 0 Å². The van der Waals surface area contributed by atoms with Gasteiger partial charge in [0.25, 0.3) is 0 Å². The third-order valence-corrected chi connectivity index (χ3v) is 0.955. The van der Waals surface area contributed by atoms with Crippen molar-refractivity contribution in [3.63, 3.8) is 0 Å². The molecule has 0 bridgehead atoms. The Kier molecular flexibility index (Phi) is 16.7. The molecule has 15 heavy (non-hydrogen) atoms. The van der Waals surface area contributed by atoms with Crippen molar-refractivity contribution in [3.05, 3.63) is 49.6 Å². The van der Waals surface area contributed by atoms with Crippen LogP contribution in [0.4, 0.5) is 0 Å². The van der Waals surface area contributed by atoms with Gasteiger partial charge in [0.2, 0.25) is 0 Å². The number of hydrogen-bond acceptors (Lipinski definition) is 5. The first-order valence-corrected chi connectivity index (χ1v) is 4.26. The minimum atomic E-state index is 0. The van der Waals surface area contributed by atoms with Crippen LogP contribution in [0.2, 0.25) is 0 Å². The zero-order valence-corrected chi connectivity index (χ0v) is 12.0. The summed E-state index contributed by atoms with van der Waals surface area (Å²) in [6, 6.07) is 3.56. The zero-order valence-electron chi connectivity index (χ0n) is 8.23. The molecular weight excluding hydrogens is 262 g/mol. The van der Waals surface area contributed by atoms with Crippen LogP contribution >= 0.6 is 12.2 Å². The van der Waals surface area contributed by atoms with Gasteiger partial charge in [0.15, 0.2) is 0 Å². The minimum Gasteiger partial charge on any atom is -0.245 e. The van der Waals surface area contributed by atoms with E-state index in [1.54, 1.807) is 36.9 Å². The fourth-order valence-electron chi connectivity index (χ4n) is 0.507. The molecule has 0 N–H and O–H groups in total. The van der Waals surface area contributed by atoms with Gasteiger partial charge in [-0.05, 0) is 18.0 Å². The van der Waals surface area contributed by atoms with Gasteiger partial charge in [0.1, 0.15) is 12.7 Å². The van der Waals surface area contributed by atoms with Gasteiger partial charge < -0.3 is 0 Å². The number of thiocarbonyl (C=S) groups is 1. The quantitative estimate of drug-likeness (QED) is 0.538. The van der Waals surface area contributed by atoms with Crippen molar-refractivity contribution < 1.29 is 19.5 Å². The maximum absolute atomic E-state index is 3.83. The van der Waals surface area contributed by atoms with Gasteiger partial charge in [-0.25, -0.2) is 19.9 Å². The summed E-state index contributed by atoms with van der Waals surface area (Å²) in [6.45, 7) is 0. The third kappa shape index (κ3) is 12.9. The molecule has 4 nitrogen and oxygen atoms in total. The molecule has 0 aromatic carbocycles. The number of rotatable bonds is 0. The predicted octanol–water partition coefficient (Wildman–Crippen LogP) is 1.57. The second kappa shape index (κ2) is 15.4. The summed E-state index contributed by atoms with van der Waals surface area (Å²) >= 11 is 3.83. The van der Waals surface area contributed by atoms with Crippen LogP contribution in [0.1, 0.15) is 0 Å². The smallest absolute Gasteiger partial charge is 0.115 e. The van der Waals surface area contributed by atoms with Gasteiger partial charge in [-0.3, -0.25) is 0 Å². The van der Waals surface area contributed by atoms with Crippen LogP contribution in [-0.4, -0.2) is 25.8 Å². The third-order valence-electron chi connectivity index (χ3n) is 0.955. The molecule has 0 spiro atoms. The van der Waals surface area contributed by atoms with Gasteiger partial charge >= 0.3 is 0 Å². The Labute approximate surface area is 107 Å². The van der Waals surface area contributed by atoms with Gasteiger partial charge in [0.05, 0.1) is 0 Å². The topological polar surface area (TPSA) is 51.6 Å². The summed E-state index contributed by atoms with van der Waals surface area (Å²) in [7, 11) is 0. The molecule has 2 heterocycles. The predicted molar refractivity (Wildman–Crippen MR) is 58.8 cm³/mol. The summed E-state index contributed by atoms with van der Waals surface area (Å²) in [5.74, 6) is 2.83. The summed E-state index contributed by atoms with van der Waals surface area (Å²) in [4.78, 5) is 14.7. The first-order chi connectivity index (χ1) is 7.00. The van der Waals surface area contributed by atoms with Crippen molar-refractivity contribution in [1.82, 2.24) is 19.9 Å². The second-order valence-electron chi connectivity index (χ2n) is 1.81. The maximum Gasteiger partial charge on any atom is 0.115 e. The van der Waals surface area contributed by atoms with Crippen LogP contribution in [0.25, 0.3) is 0 Å². The van der Waals surface area contributed by atoms with E-state index in [4.69, 9.17) is 0 Å². The Morgan fingerprint density at radius 3 is 1.00 bits per heavy atom. The maximum atomic E-state index is 3.83. The Bertz CT molecular complexity index is 210. The molecule has 2 aromatic heterocycles. The zero-order chi connectivity index (χ0) is 10.5. The molecule has 0 aliphatic carbocycles. The largest absolute Gasteiger partial charge is 0.245 e. The Morgan fingerprint density at radius 2 is 0.933 bits per heavy atom. The van der Waals surface area contributed by atoms with E-state index in [2.05, 4.69) is 38.0 Å². The van der Waals surface area contributed by atoms with E-state index in [9.17, 15) is 0 Å². The van der Waals surface area contributed by atoms with Crippen molar-refractivity contribution in [2.75, 3.05) is 0 Å². The first-order valence-electron chi connectivity index (χ1n) is 3.69. The molecule has 0 saturated heterocycles. The van der Waals surface area contributed by atoms with Crippen LogP contribution in [-0.2, 0) is 19.5 Å². The van der Waals surface area contributed by atoms with Crippen LogP contribution in [0.3, 0.4) is 0 Å². The summed E-state index contributed by atoms with van der Waals surface area (Å²) in [5.41, 5.74) is 0. The molecular formula is C9H10N4SZn. The molecule has 2 rings (SSSR count). The number of hydrogen-bond donors (Lipinski definition) is 0. The van der Waals surface area contributed by atoms with E-state index in [0.29, 0.717) is 0 Å². The van der Waals surface area contributed by atoms with Crippen molar-refractivity contribution >= 4 is 18.1 Å². The van der Waals surface area contributed by atoms with Crippen molar-refractivity contribution in [3.8, 4) is 0 Å². The average Bonchev–Trinajstić information content (AvgIpc) is 2.37. The molecule has 2 aromatic rings. The Hall–Kier alpha value is -1.13. The number of nitrogens with zero attached hydrogens (tertiary/aromatic N) is 4. The van der Waals surface area contributed by atoms with E-state index < -0.39 is 0 Å².